The number of aliphatic hydroxyl groups excluding tert-OH is 1. The lowest BCUT2D eigenvalue weighted by Gasteiger charge is -2.36. The van der Waals surface area contributed by atoms with Gasteiger partial charge >= 0.3 is 5.97 Å². The van der Waals surface area contributed by atoms with Gasteiger partial charge in [0.15, 0.2) is 0 Å². The Labute approximate surface area is 363 Å². The van der Waals surface area contributed by atoms with Gasteiger partial charge in [0.2, 0.25) is 0 Å². The van der Waals surface area contributed by atoms with Crippen LogP contribution in [-0.4, -0.2) is 43.9 Å². The summed E-state index contributed by atoms with van der Waals surface area (Å²) < 4.78 is 5.40. The molecule has 6 aromatic rings. The second kappa shape index (κ2) is 18.4. The summed E-state index contributed by atoms with van der Waals surface area (Å²) in [7, 11) is 4.32. The minimum absolute atomic E-state index is 0.0424. The molecule has 0 spiro atoms. The van der Waals surface area contributed by atoms with Gasteiger partial charge in [0, 0.05) is 59.4 Å². The fraction of sp³-hybridized carbons (Fsp3) is 0.327. The van der Waals surface area contributed by atoms with Gasteiger partial charge < -0.3 is 25.0 Å². The van der Waals surface area contributed by atoms with E-state index in [0.29, 0.717) is 12.0 Å². The second-order valence-corrected chi connectivity index (χ2v) is 17.6. The van der Waals surface area contributed by atoms with Crippen LogP contribution in [0.2, 0.25) is 0 Å². The molecule has 0 saturated heterocycles. The number of benzene rings is 6. The molecule has 0 aliphatic heterocycles. The normalized spacial score (nSPS) is 16.4. The summed E-state index contributed by atoms with van der Waals surface area (Å²) in [6, 6.07) is 40.2. The monoisotopic (exact) mass is 813 g/mol. The van der Waals surface area contributed by atoms with Crippen molar-refractivity contribution in [2.24, 2.45) is 5.92 Å². The maximum absolute atomic E-state index is 12.0. The summed E-state index contributed by atoms with van der Waals surface area (Å²) in [5, 5.41) is 17.7. The standard InChI is InChI=1S/C55H63N3O3/c1-34(2)55(60)61-29-28-43-14-13-17-50(54(43)59)56-49-27-26-48(46-15-11-12-16-47(46)49)51(41-18-22-44(23-19-41)57(9)52-37(5)30-35(3)31-38(52)6)42-20-24-45(25-21-42)58(10)53-39(7)32-36(4)33-40(53)8/h11-12,15-16,18-27,30-33,43,50-51,54,56,59H,1,13-14,17,28-29H2,2-10H3. The number of anilines is 5. The Morgan fingerprint density at radius 3 is 1.70 bits per heavy atom. The third kappa shape index (κ3) is 9.25. The number of esters is 1. The highest BCUT2D eigenvalue weighted by molar-refractivity contribution is 5.97. The molecule has 0 aromatic heterocycles. The molecule has 0 amide bonds. The Kier molecular flexibility index (Phi) is 13.1. The van der Waals surface area contributed by atoms with E-state index >= 15 is 0 Å². The van der Waals surface area contributed by atoms with Gasteiger partial charge in [-0.05, 0) is 148 Å². The lowest BCUT2D eigenvalue weighted by Crippen LogP contribution is -2.42. The molecule has 6 nitrogen and oxygen atoms in total. The fourth-order valence-corrected chi connectivity index (χ4v) is 10.1. The number of aryl methyl sites for hydroxylation is 6. The van der Waals surface area contributed by atoms with E-state index in [1.165, 1.54) is 66.8 Å². The predicted octanol–water partition coefficient (Wildman–Crippen LogP) is 12.9. The molecule has 6 heteroatoms. The summed E-state index contributed by atoms with van der Waals surface area (Å²) in [6.45, 7) is 18.7. The van der Waals surface area contributed by atoms with E-state index in [0.717, 1.165) is 41.7 Å². The maximum atomic E-state index is 12.0. The summed E-state index contributed by atoms with van der Waals surface area (Å²) in [4.78, 5) is 16.6. The Morgan fingerprint density at radius 1 is 0.721 bits per heavy atom. The fourth-order valence-electron chi connectivity index (χ4n) is 10.1. The molecule has 6 aromatic carbocycles. The summed E-state index contributed by atoms with van der Waals surface area (Å²) in [5.74, 6) is -0.382. The van der Waals surface area contributed by atoms with E-state index in [9.17, 15) is 9.90 Å². The van der Waals surface area contributed by atoms with Gasteiger partial charge in [-0.2, -0.15) is 0 Å². The Hall–Kier alpha value is -5.85. The van der Waals surface area contributed by atoms with Crippen LogP contribution in [0.5, 0.6) is 0 Å². The van der Waals surface area contributed by atoms with Gasteiger partial charge in [0.25, 0.3) is 0 Å². The van der Waals surface area contributed by atoms with Crippen LogP contribution < -0.4 is 15.1 Å². The van der Waals surface area contributed by atoms with Gasteiger partial charge in [-0.1, -0.05) is 103 Å². The maximum Gasteiger partial charge on any atom is 0.333 e. The molecule has 1 fully saturated rings. The molecule has 316 valence electrons. The van der Waals surface area contributed by atoms with Gasteiger partial charge in [-0.3, -0.25) is 0 Å². The van der Waals surface area contributed by atoms with Crippen LogP contribution in [-0.2, 0) is 9.53 Å². The predicted molar refractivity (Wildman–Crippen MR) is 256 cm³/mol. The first-order valence-corrected chi connectivity index (χ1v) is 21.8. The van der Waals surface area contributed by atoms with Crippen molar-refractivity contribution in [3.05, 3.63) is 171 Å². The average Bonchev–Trinajstić information content (AvgIpc) is 3.22. The average molecular weight is 814 g/mol. The van der Waals surface area contributed by atoms with Crippen molar-refractivity contribution in [2.75, 3.05) is 35.8 Å². The first kappa shape index (κ1) is 43.2. The van der Waals surface area contributed by atoms with Crippen LogP contribution in [0.1, 0.15) is 88.6 Å². The van der Waals surface area contributed by atoms with Crippen molar-refractivity contribution >= 4 is 45.2 Å². The number of hydrogen-bond acceptors (Lipinski definition) is 6. The minimum atomic E-state index is -0.559. The van der Waals surface area contributed by atoms with Crippen molar-refractivity contribution in [3.8, 4) is 0 Å². The molecule has 0 heterocycles. The highest BCUT2D eigenvalue weighted by Gasteiger charge is 2.32. The number of carbonyl (C=O) groups excluding carboxylic acids is 1. The van der Waals surface area contributed by atoms with Gasteiger partial charge in [0.05, 0.1) is 18.8 Å². The molecule has 1 saturated carbocycles. The molecular formula is C55H63N3O3. The van der Waals surface area contributed by atoms with Crippen LogP contribution in [0.3, 0.4) is 0 Å². The second-order valence-electron chi connectivity index (χ2n) is 17.6. The molecule has 2 N–H and O–H groups in total. The van der Waals surface area contributed by atoms with Crippen LogP contribution >= 0.6 is 0 Å². The number of nitrogens with zero attached hydrogens (tertiary/aromatic N) is 2. The molecule has 7 rings (SSSR count). The number of fused-ring (bicyclic) bond motifs is 1. The van der Waals surface area contributed by atoms with E-state index in [1.54, 1.807) is 6.92 Å². The quantitative estimate of drug-likeness (QED) is 0.0688. The highest BCUT2D eigenvalue weighted by Crippen LogP contribution is 2.42. The zero-order valence-electron chi connectivity index (χ0n) is 37.6. The SMILES string of the molecule is C=C(C)C(=O)OCCC1CCCC(Nc2ccc(C(c3ccc(N(C)c4c(C)cc(C)cc4C)cc3)c3ccc(N(C)c4c(C)cc(C)cc4C)cc3)c3ccccc23)C1O. The van der Waals surface area contributed by atoms with Crippen molar-refractivity contribution in [3.63, 3.8) is 0 Å². The third-order valence-corrected chi connectivity index (χ3v) is 12.8. The van der Waals surface area contributed by atoms with E-state index < -0.39 is 6.10 Å². The lowest BCUT2D eigenvalue weighted by molar-refractivity contribution is -0.139. The molecule has 61 heavy (non-hydrogen) atoms. The number of aliphatic hydroxyl groups is 1. The van der Waals surface area contributed by atoms with Crippen molar-refractivity contribution in [1.29, 1.82) is 0 Å². The van der Waals surface area contributed by atoms with Crippen LogP contribution in [0.4, 0.5) is 28.4 Å². The first-order valence-electron chi connectivity index (χ1n) is 21.8. The molecule has 1 aliphatic carbocycles. The number of rotatable bonds is 13. The minimum Gasteiger partial charge on any atom is -0.462 e. The summed E-state index contributed by atoms with van der Waals surface area (Å²) in [5.41, 5.74) is 17.4. The molecule has 0 radical (unpaired) electrons. The van der Waals surface area contributed by atoms with Crippen molar-refractivity contribution in [2.45, 2.75) is 92.2 Å². The van der Waals surface area contributed by atoms with E-state index in [2.05, 4.69) is 187 Å². The molecule has 3 unspecified atom stereocenters. The Morgan fingerprint density at radius 2 is 1.21 bits per heavy atom. The number of nitrogens with one attached hydrogen (secondary N) is 1. The third-order valence-electron chi connectivity index (χ3n) is 12.8. The van der Waals surface area contributed by atoms with E-state index in [4.69, 9.17) is 4.74 Å². The smallest absolute Gasteiger partial charge is 0.333 e. The van der Waals surface area contributed by atoms with Crippen molar-refractivity contribution in [1.82, 2.24) is 0 Å². The van der Waals surface area contributed by atoms with Crippen LogP contribution in [0.25, 0.3) is 10.8 Å². The summed E-state index contributed by atoms with van der Waals surface area (Å²) in [6.07, 6.45) is 2.83. The van der Waals surface area contributed by atoms with Gasteiger partial charge in [-0.25, -0.2) is 4.79 Å². The Bertz CT molecular complexity index is 2390. The largest absolute Gasteiger partial charge is 0.462 e. The topological polar surface area (TPSA) is 65.0 Å². The lowest BCUT2D eigenvalue weighted by atomic mass is 9.80. The van der Waals surface area contributed by atoms with E-state index in [1.807, 2.05) is 0 Å². The van der Waals surface area contributed by atoms with Crippen LogP contribution in [0.15, 0.2) is 121 Å². The number of carbonyl (C=O) groups is 1. The first-order chi connectivity index (χ1) is 29.2. The highest BCUT2D eigenvalue weighted by atomic mass is 16.5. The summed E-state index contributed by atoms with van der Waals surface area (Å²) >= 11 is 0. The van der Waals surface area contributed by atoms with Gasteiger partial charge in [-0.15, -0.1) is 0 Å². The Balaban J connectivity index is 1.24. The zero-order chi connectivity index (χ0) is 43.5. The molecule has 1 aliphatic rings. The molecule has 0 bridgehead atoms. The molecular weight excluding hydrogens is 751 g/mol. The number of hydrogen-bond donors (Lipinski definition) is 2. The zero-order valence-corrected chi connectivity index (χ0v) is 37.6. The van der Waals surface area contributed by atoms with E-state index in [-0.39, 0.29) is 30.5 Å². The number of ether oxygens (including phenoxy) is 1. The van der Waals surface area contributed by atoms with Crippen molar-refractivity contribution < 1.29 is 14.6 Å². The van der Waals surface area contributed by atoms with Crippen LogP contribution in [0, 0.1) is 47.5 Å². The van der Waals surface area contributed by atoms with Gasteiger partial charge in [0.1, 0.15) is 0 Å². The molecule has 3 atom stereocenters.